The third-order valence-electron chi connectivity index (χ3n) is 2.50. The number of rotatable bonds is 5. The van der Waals surface area contributed by atoms with Crippen molar-refractivity contribution in [1.82, 2.24) is 10.0 Å². The van der Waals surface area contributed by atoms with Crippen LogP contribution in [0.15, 0.2) is 22.7 Å². The van der Waals surface area contributed by atoms with Crippen molar-refractivity contribution < 1.29 is 26.4 Å². The van der Waals surface area contributed by atoms with Crippen molar-refractivity contribution in [3.05, 3.63) is 33.8 Å². The molecule has 2 N–H and O–H groups in total. The zero-order chi connectivity index (χ0) is 16.3. The first kappa shape index (κ1) is 17.9. The summed E-state index contributed by atoms with van der Waals surface area (Å²) < 4.78 is 62.2. The summed E-state index contributed by atoms with van der Waals surface area (Å²) >= 11 is 2.76. The highest BCUT2D eigenvalue weighted by atomic mass is 79.9. The van der Waals surface area contributed by atoms with Gasteiger partial charge in [-0.15, -0.1) is 0 Å². The number of hydrogen-bond acceptors (Lipinski definition) is 3. The van der Waals surface area contributed by atoms with Crippen LogP contribution < -0.4 is 10.0 Å². The van der Waals surface area contributed by atoms with Crippen LogP contribution in [-0.2, 0) is 16.2 Å². The molecule has 0 aliphatic carbocycles. The topological polar surface area (TPSA) is 75.3 Å². The summed E-state index contributed by atoms with van der Waals surface area (Å²) in [4.78, 5) is 11.7. The summed E-state index contributed by atoms with van der Waals surface area (Å²) in [5.41, 5.74) is -1.18. The quantitative estimate of drug-likeness (QED) is 0.806. The van der Waals surface area contributed by atoms with Crippen LogP contribution in [0.2, 0.25) is 0 Å². The number of benzene rings is 1. The van der Waals surface area contributed by atoms with Gasteiger partial charge in [0.25, 0.3) is 5.91 Å². The summed E-state index contributed by atoms with van der Waals surface area (Å²) in [6.45, 7) is -0.209. The van der Waals surface area contributed by atoms with E-state index in [2.05, 4.69) is 26.0 Å². The molecule has 118 valence electrons. The average Bonchev–Trinajstić information content (AvgIpc) is 2.37. The lowest BCUT2D eigenvalue weighted by Gasteiger charge is -2.11. The molecule has 0 spiro atoms. The highest BCUT2D eigenvalue weighted by Crippen LogP contribution is 2.35. The molecular weight excluding hydrogens is 377 g/mol. The first-order chi connectivity index (χ1) is 9.57. The second-order valence-corrected chi connectivity index (χ2v) is 6.87. The lowest BCUT2D eigenvalue weighted by atomic mass is 10.1. The van der Waals surface area contributed by atoms with Crippen LogP contribution in [-0.4, -0.2) is 33.7 Å². The van der Waals surface area contributed by atoms with E-state index in [4.69, 9.17) is 0 Å². The first-order valence-corrected chi connectivity index (χ1v) is 8.07. The molecular formula is C11H12BrF3N2O3S. The lowest BCUT2D eigenvalue weighted by molar-refractivity contribution is -0.138. The van der Waals surface area contributed by atoms with Gasteiger partial charge in [-0.05, 0) is 25.2 Å². The molecule has 0 saturated heterocycles. The normalized spacial score (nSPS) is 12.2. The van der Waals surface area contributed by atoms with E-state index in [-0.39, 0.29) is 22.3 Å². The summed E-state index contributed by atoms with van der Waals surface area (Å²) in [5, 5.41) is 2.25. The highest BCUT2D eigenvalue weighted by Gasteiger charge is 2.33. The van der Waals surface area contributed by atoms with E-state index in [0.29, 0.717) is 6.07 Å². The second kappa shape index (κ2) is 6.75. The molecule has 0 fully saturated rings. The maximum atomic E-state index is 12.7. The summed E-state index contributed by atoms with van der Waals surface area (Å²) in [5.74, 6) is -1.14. The summed E-state index contributed by atoms with van der Waals surface area (Å²) in [7, 11) is -2.26. The molecule has 21 heavy (non-hydrogen) atoms. The van der Waals surface area contributed by atoms with Crippen molar-refractivity contribution in [2.45, 2.75) is 6.18 Å². The van der Waals surface area contributed by atoms with Gasteiger partial charge in [0, 0.05) is 16.6 Å². The SMILES string of the molecule is CNS(=O)(=O)CCNC(=O)c1ccc(Br)c(C(F)(F)F)c1. The minimum absolute atomic E-state index is 0.177. The van der Waals surface area contributed by atoms with Crippen molar-refractivity contribution in [3.8, 4) is 0 Å². The van der Waals surface area contributed by atoms with E-state index in [1.165, 1.54) is 13.1 Å². The number of carbonyl (C=O) groups is 1. The van der Waals surface area contributed by atoms with Crippen molar-refractivity contribution in [2.24, 2.45) is 0 Å². The summed E-state index contributed by atoms with van der Waals surface area (Å²) in [6, 6.07) is 3.02. The van der Waals surface area contributed by atoms with Crippen molar-refractivity contribution in [3.63, 3.8) is 0 Å². The van der Waals surface area contributed by atoms with Gasteiger partial charge in [0.05, 0.1) is 11.3 Å². The standard InChI is InChI=1S/C11H12BrF3N2O3S/c1-16-21(19,20)5-4-17-10(18)7-2-3-9(12)8(6-7)11(13,14)15/h2-3,6,16H,4-5H2,1H3,(H,17,18). The monoisotopic (exact) mass is 388 g/mol. The van der Waals surface area contributed by atoms with Crippen LogP contribution in [0.3, 0.4) is 0 Å². The largest absolute Gasteiger partial charge is 0.417 e. The molecule has 0 aliphatic rings. The predicted molar refractivity (Wildman–Crippen MR) is 74.3 cm³/mol. The van der Waals surface area contributed by atoms with Crippen LogP contribution in [0.25, 0.3) is 0 Å². The molecule has 0 aliphatic heterocycles. The number of halogens is 4. The van der Waals surface area contributed by atoms with Gasteiger partial charge in [0.1, 0.15) is 0 Å². The highest BCUT2D eigenvalue weighted by molar-refractivity contribution is 9.10. The third-order valence-corrected chi connectivity index (χ3v) is 4.56. The maximum Gasteiger partial charge on any atom is 0.417 e. The Kier molecular flexibility index (Phi) is 5.76. The van der Waals surface area contributed by atoms with Crippen LogP contribution in [0.1, 0.15) is 15.9 Å². The van der Waals surface area contributed by atoms with Gasteiger partial charge in [0.2, 0.25) is 10.0 Å². The van der Waals surface area contributed by atoms with Crippen molar-refractivity contribution in [2.75, 3.05) is 19.3 Å². The lowest BCUT2D eigenvalue weighted by Crippen LogP contribution is -2.33. The number of nitrogens with one attached hydrogen (secondary N) is 2. The molecule has 10 heteroatoms. The molecule has 0 atom stereocenters. The predicted octanol–water partition coefficient (Wildman–Crippen LogP) is 1.75. The number of carbonyl (C=O) groups excluding carboxylic acids is 1. The maximum absolute atomic E-state index is 12.7. The van der Waals surface area contributed by atoms with E-state index < -0.39 is 27.7 Å². The number of alkyl halides is 3. The molecule has 1 rings (SSSR count). The molecule has 5 nitrogen and oxygen atoms in total. The second-order valence-electron chi connectivity index (χ2n) is 3.97. The third kappa shape index (κ3) is 5.29. The molecule has 0 saturated carbocycles. The molecule has 0 radical (unpaired) electrons. The minimum atomic E-state index is -4.59. The Bertz CT molecular complexity index is 632. The van der Waals surface area contributed by atoms with Crippen LogP contribution >= 0.6 is 15.9 Å². The Morgan fingerprint density at radius 3 is 2.48 bits per heavy atom. The fraction of sp³-hybridized carbons (Fsp3) is 0.364. The molecule has 0 bridgehead atoms. The first-order valence-electron chi connectivity index (χ1n) is 5.63. The number of sulfonamides is 1. The zero-order valence-corrected chi connectivity index (χ0v) is 13.2. The van der Waals surface area contributed by atoms with Crippen LogP contribution in [0, 0.1) is 0 Å². The molecule has 1 aromatic rings. The van der Waals surface area contributed by atoms with Crippen molar-refractivity contribution in [1.29, 1.82) is 0 Å². The van der Waals surface area contributed by atoms with Gasteiger partial charge in [-0.3, -0.25) is 4.79 Å². The van der Waals surface area contributed by atoms with E-state index in [1.807, 2.05) is 0 Å². The zero-order valence-electron chi connectivity index (χ0n) is 10.8. The molecule has 1 aromatic carbocycles. The Balaban J connectivity index is 2.80. The van der Waals surface area contributed by atoms with E-state index in [9.17, 15) is 26.4 Å². The van der Waals surface area contributed by atoms with E-state index >= 15 is 0 Å². The fourth-order valence-electron chi connectivity index (χ4n) is 1.39. The molecule has 0 heterocycles. The van der Waals surface area contributed by atoms with E-state index in [1.54, 1.807) is 0 Å². The number of hydrogen-bond donors (Lipinski definition) is 2. The molecule has 1 amide bonds. The Morgan fingerprint density at radius 1 is 1.33 bits per heavy atom. The Hall–Kier alpha value is -1.13. The Morgan fingerprint density at radius 2 is 1.95 bits per heavy atom. The number of amides is 1. The van der Waals surface area contributed by atoms with Crippen LogP contribution in [0.4, 0.5) is 13.2 Å². The van der Waals surface area contributed by atoms with Gasteiger partial charge in [-0.2, -0.15) is 13.2 Å². The average molecular weight is 389 g/mol. The van der Waals surface area contributed by atoms with Gasteiger partial charge >= 0.3 is 6.18 Å². The van der Waals surface area contributed by atoms with Crippen molar-refractivity contribution >= 4 is 31.9 Å². The molecule has 0 aromatic heterocycles. The van der Waals surface area contributed by atoms with Gasteiger partial charge in [-0.25, -0.2) is 13.1 Å². The van der Waals surface area contributed by atoms with Gasteiger partial charge < -0.3 is 5.32 Å². The Labute approximate surface area is 128 Å². The smallest absolute Gasteiger partial charge is 0.351 e. The molecule has 0 unspecified atom stereocenters. The van der Waals surface area contributed by atoms with E-state index in [0.717, 1.165) is 6.07 Å². The fourth-order valence-corrected chi connectivity index (χ4v) is 2.43. The van der Waals surface area contributed by atoms with Gasteiger partial charge in [0.15, 0.2) is 0 Å². The summed E-state index contributed by atoms with van der Waals surface area (Å²) in [6.07, 6.45) is -4.59. The minimum Gasteiger partial charge on any atom is -0.351 e. The van der Waals surface area contributed by atoms with Gasteiger partial charge in [-0.1, -0.05) is 15.9 Å². The van der Waals surface area contributed by atoms with Crippen LogP contribution in [0.5, 0.6) is 0 Å².